The molecule has 1 saturated carbocycles. The summed E-state index contributed by atoms with van der Waals surface area (Å²) in [6.07, 6.45) is 3.12. The SMILES string of the molecule is CCNCc1csc(S(=O)(=O)N(C)C2CCC2)c1. The van der Waals surface area contributed by atoms with E-state index in [0.717, 1.165) is 37.9 Å². The lowest BCUT2D eigenvalue weighted by Crippen LogP contribution is -2.40. The minimum atomic E-state index is -3.28. The summed E-state index contributed by atoms with van der Waals surface area (Å²) in [5.41, 5.74) is 1.04. The van der Waals surface area contributed by atoms with Gasteiger partial charge in [0.05, 0.1) is 0 Å². The number of hydrogen-bond donors (Lipinski definition) is 1. The fourth-order valence-corrected chi connectivity index (χ4v) is 4.75. The Labute approximate surface area is 113 Å². The molecule has 0 aromatic carbocycles. The first-order valence-electron chi connectivity index (χ1n) is 6.32. The summed E-state index contributed by atoms with van der Waals surface area (Å²) in [6, 6.07) is 1.99. The molecule has 1 fully saturated rings. The molecule has 1 N–H and O–H groups in total. The predicted molar refractivity (Wildman–Crippen MR) is 74.3 cm³/mol. The molecule has 1 aromatic heterocycles. The van der Waals surface area contributed by atoms with Gasteiger partial charge in [-0.1, -0.05) is 13.3 Å². The van der Waals surface area contributed by atoms with E-state index in [1.807, 2.05) is 12.3 Å². The standard InChI is InChI=1S/C12H20N2O2S2/c1-3-13-8-10-7-12(17-9-10)18(15,16)14(2)11-5-4-6-11/h7,9,11,13H,3-6,8H2,1-2H3. The first-order valence-corrected chi connectivity index (χ1v) is 8.64. The Hall–Kier alpha value is -0.430. The summed E-state index contributed by atoms with van der Waals surface area (Å²) in [5, 5.41) is 5.12. The lowest BCUT2D eigenvalue weighted by molar-refractivity contribution is 0.250. The van der Waals surface area contributed by atoms with Crippen LogP contribution in [0.25, 0.3) is 0 Å². The van der Waals surface area contributed by atoms with Gasteiger partial charge in [0.25, 0.3) is 10.0 Å². The quantitative estimate of drug-likeness (QED) is 0.871. The summed E-state index contributed by atoms with van der Waals surface area (Å²) >= 11 is 1.32. The Morgan fingerprint density at radius 2 is 2.22 bits per heavy atom. The largest absolute Gasteiger partial charge is 0.313 e. The fourth-order valence-electron chi connectivity index (χ4n) is 1.94. The number of thiophene rings is 1. The lowest BCUT2D eigenvalue weighted by Gasteiger charge is -2.33. The molecule has 0 radical (unpaired) electrons. The van der Waals surface area contributed by atoms with E-state index in [1.165, 1.54) is 11.3 Å². The van der Waals surface area contributed by atoms with E-state index in [-0.39, 0.29) is 6.04 Å². The van der Waals surface area contributed by atoms with Crippen molar-refractivity contribution in [1.82, 2.24) is 9.62 Å². The zero-order valence-corrected chi connectivity index (χ0v) is 12.5. The monoisotopic (exact) mass is 288 g/mol. The zero-order valence-electron chi connectivity index (χ0n) is 10.8. The van der Waals surface area contributed by atoms with Crippen LogP contribution in [0.15, 0.2) is 15.7 Å². The van der Waals surface area contributed by atoms with Gasteiger partial charge in [0.1, 0.15) is 4.21 Å². The van der Waals surface area contributed by atoms with Crippen molar-refractivity contribution in [2.45, 2.75) is 43.0 Å². The Balaban J connectivity index is 2.11. The van der Waals surface area contributed by atoms with Gasteiger partial charge < -0.3 is 5.32 Å². The lowest BCUT2D eigenvalue weighted by atomic mass is 9.94. The predicted octanol–water partition coefficient (Wildman–Crippen LogP) is 2.03. The molecule has 1 heterocycles. The van der Waals surface area contributed by atoms with E-state index in [2.05, 4.69) is 5.32 Å². The van der Waals surface area contributed by atoms with Gasteiger partial charge in [-0.05, 0) is 36.4 Å². The Morgan fingerprint density at radius 1 is 1.50 bits per heavy atom. The van der Waals surface area contributed by atoms with Gasteiger partial charge in [-0.25, -0.2) is 8.42 Å². The first kappa shape index (κ1) is 14.0. The van der Waals surface area contributed by atoms with Crippen molar-refractivity contribution >= 4 is 21.4 Å². The molecule has 1 aromatic rings. The van der Waals surface area contributed by atoms with Gasteiger partial charge >= 0.3 is 0 Å². The minimum absolute atomic E-state index is 0.203. The van der Waals surface area contributed by atoms with E-state index in [0.29, 0.717) is 4.21 Å². The van der Waals surface area contributed by atoms with Crippen molar-refractivity contribution < 1.29 is 8.42 Å². The topological polar surface area (TPSA) is 49.4 Å². The van der Waals surface area contributed by atoms with E-state index >= 15 is 0 Å². The van der Waals surface area contributed by atoms with Gasteiger partial charge in [0.2, 0.25) is 0 Å². The molecule has 4 nitrogen and oxygen atoms in total. The highest BCUT2D eigenvalue weighted by molar-refractivity contribution is 7.91. The van der Waals surface area contributed by atoms with Gasteiger partial charge in [0, 0.05) is 19.6 Å². The second-order valence-corrected chi connectivity index (χ2v) is 7.80. The molecule has 0 unspecified atom stereocenters. The highest BCUT2D eigenvalue weighted by Crippen LogP contribution is 2.30. The third kappa shape index (κ3) is 2.77. The van der Waals surface area contributed by atoms with Crippen molar-refractivity contribution in [2.24, 2.45) is 0 Å². The van der Waals surface area contributed by atoms with Crippen LogP contribution in [0.2, 0.25) is 0 Å². The third-order valence-electron chi connectivity index (χ3n) is 3.43. The normalized spacial score (nSPS) is 17.1. The third-order valence-corrected chi connectivity index (χ3v) is 6.81. The second-order valence-electron chi connectivity index (χ2n) is 4.66. The molecule has 0 atom stereocenters. The molecule has 0 bridgehead atoms. The molecule has 18 heavy (non-hydrogen) atoms. The summed E-state index contributed by atoms with van der Waals surface area (Å²) in [5.74, 6) is 0. The Kier molecular flexibility index (Phi) is 4.42. The maximum absolute atomic E-state index is 12.4. The van der Waals surface area contributed by atoms with Crippen LogP contribution in [0.1, 0.15) is 31.7 Å². The molecule has 102 valence electrons. The van der Waals surface area contributed by atoms with E-state index in [9.17, 15) is 8.42 Å². The highest BCUT2D eigenvalue weighted by Gasteiger charge is 2.32. The summed E-state index contributed by atoms with van der Waals surface area (Å²) < 4.78 is 26.7. The Bertz CT molecular complexity index is 492. The van der Waals surface area contributed by atoms with Crippen LogP contribution >= 0.6 is 11.3 Å². The first-order chi connectivity index (χ1) is 8.55. The number of hydrogen-bond acceptors (Lipinski definition) is 4. The van der Waals surface area contributed by atoms with Gasteiger partial charge in [0.15, 0.2) is 0 Å². The molecule has 0 saturated heterocycles. The molecule has 0 amide bonds. The molecule has 1 aliphatic rings. The van der Waals surface area contributed by atoms with E-state index in [4.69, 9.17) is 0 Å². The summed E-state index contributed by atoms with van der Waals surface area (Å²) in [6.45, 7) is 3.66. The van der Waals surface area contributed by atoms with E-state index < -0.39 is 10.0 Å². The maximum atomic E-state index is 12.4. The Morgan fingerprint density at radius 3 is 2.78 bits per heavy atom. The average molecular weight is 288 g/mol. The smallest absolute Gasteiger partial charge is 0.252 e. The van der Waals surface area contributed by atoms with Gasteiger partial charge in [-0.3, -0.25) is 0 Å². The van der Waals surface area contributed by atoms with Crippen molar-refractivity contribution in [3.63, 3.8) is 0 Å². The molecule has 0 aliphatic heterocycles. The molecule has 6 heteroatoms. The van der Waals surface area contributed by atoms with Crippen LogP contribution in [0.5, 0.6) is 0 Å². The molecular formula is C12H20N2O2S2. The number of nitrogens with one attached hydrogen (secondary N) is 1. The minimum Gasteiger partial charge on any atom is -0.313 e. The molecule has 0 spiro atoms. The number of nitrogens with zero attached hydrogens (tertiary/aromatic N) is 1. The van der Waals surface area contributed by atoms with Crippen molar-refractivity contribution in [2.75, 3.05) is 13.6 Å². The molecular weight excluding hydrogens is 268 g/mol. The van der Waals surface area contributed by atoms with Crippen LogP contribution in [0, 0.1) is 0 Å². The van der Waals surface area contributed by atoms with Crippen LogP contribution in [-0.2, 0) is 16.6 Å². The van der Waals surface area contributed by atoms with Crippen LogP contribution in [0.4, 0.5) is 0 Å². The molecule has 2 rings (SSSR count). The zero-order chi connectivity index (χ0) is 13.2. The van der Waals surface area contributed by atoms with Crippen molar-refractivity contribution in [1.29, 1.82) is 0 Å². The second kappa shape index (κ2) is 5.69. The molecule has 1 aliphatic carbocycles. The summed E-state index contributed by atoms with van der Waals surface area (Å²) in [7, 11) is -1.58. The van der Waals surface area contributed by atoms with Crippen LogP contribution < -0.4 is 5.32 Å². The summed E-state index contributed by atoms with van der Waals surface area (Å²) in [4.78, 5) is 0. The number of rotatable bonds is 6. The van der Waals surface area contributed by atoms with Crippen LogP contribution in [0.3, 0.4) is 0 Å². The maximum Gasteiger partial charge on any atom is 0.252 e. The van der Waals surface area contributed by atoms with Gasteiger partial charge in [-0.2, -0.15) is 4.31 Å². The highest BCUT2D eigenvalue weighted by atomic mass is 32.2. The van der Waals surface area contributed by atoms with Crippen molar-refractivity contribution in [3.05, 3.63) is 17.0 Å². The van der Waals surface area contributed by atoms with Crippen molar-refractivity contribution in [3.8, 4) is 0 Å². The average Bonchev–Trinajstić information content (AvgIpc) is 2.73. The fraction of sp³-hybridized carbons (Fsp3) is 0.667. The van der Waals surface area contributed by atoms with Gasteiger partial charge in [-0.15, -0.1) is 11.3 Å². The van der Waals surface area contributed by atoms with E-state index in [1.54, 1.807) is 17.4 Å². The number of sulfonamides is 1. The van der Waals surface area contributed by atoms with Crippen LogP contribution in [-0.4, -0.2) is 32.4 Å².